The highest BCUT2D eigenvalue weighted by Gasteiger charge is 2.17. The number of aryl methyl sites for hydroxylation is 1. The Kier molecular flexibility index (Phi) is 4.02. The molecule has 0 saturated carbocycles. The smallest absolute Gasteiger partial charge is 0.239 e. The maximum Gasteiger partial charge on any atom is 0.239 e. The third kappa shape index (κ3) is 2.99. The van der Waals surface area contributed by atoms with Gasteiger partial charge in [-0.1, -0.05) is 25.1 Å². The molecule has 1 aliphatic rings. The van der Waals surface area contributed by atoms with Crippen LogP contribution in [0.4, 0.5) is 5.69 Å². The Bertz CT molecular complexity index is 390. The van der Waals surface area contributed by atoms with Gasteiger partial charge in [-0.25, -0.2) is 0 Å². The summed E-state index contributed by atoms with van der Waals surface area (Å²) in [5.41, 5.74) is 2.59. The van der Waals surface area contributed by atoms with Crippen LogP contribution in [0, 0.1) is 0 Å². The van der Waals surface area contributed by atoms with Gasteiger partial charge in [0.25, 0.3) is 0 Å². The van der Waals surface area contributed by atoms with Crippen molar-refractivity contribution in [2.45, 2.75) is 26.2 Å². The number of hydrogen-bond acceptors (Lipinski definition) is 2. The van der Waals surface area contributed by atoms with Crippen LogP contribution in [0.5, 0.6) is 0 Å². The van der Waals surface area contributed by atoms with Crippen molar-refractivity contribution in [3.8, 4) is 0 Å². The first-order valence-corrected chi connectivity index (χ1v) is 6.41. The Labute approximate surface area is 103 Å². The molecule has 1 aromatic rings. The number of carbonyl (C=O) groups excluding carboxylic acids is 1. The standard InChI is InChI=1S/C14H20N2O/c1-2-9-15-14(17)11-16-10-5-7-12-6-3-4-8-13(12)16/h3-4,6,8H,2,5,7,9-11H2,1H3,(H,15,17). The topological polar surface area (TPSA) is 32.3 Å². The molecular formula is C14H20N2O. The summed E-state index contributed by atoms with van der Waals surface area (Å²) in [6.07, 6.45) is 3.25. The molecule has 3 nitrogen and oxygen atoms in total. The van der Waals surface area contributed by atoms with Crippen LogP contribution in [0.25, 0.3) is 0 Å². The number of benzene rings is 1. The summed E-state index contributed by atoms with van der Waals surface area (Å²) in [7, 11) is 0. The van der Waals surface area contributed by atoms with Crippen LogP contribution in [0.3, 0.4) is 0 Å². The average Bonchev–Trinajstić information content (AvgIpc) is 2.37. The molecule has 2 rings (SSSR count). The number of anilines is 1. The predicted molar refractivity (Wildman–Crippen MR) is 70.3 cm³/mol. The Morgan fingerprint density at radius 1 is 1.41 bits per heavy atom. The highest BCUT2D eigenvalue weighted by molar-refractivity contribution is 5.81. The zero-order valence-electron chi connectivity index (χ0n) is 10.4. The molecule has 0 atom stereocenters. The number of carbonyl (C=O) groups is 1. The first-order valence-electron chi connectivity index (χ1n) is 6.41. The molecule has 1 aliphatic heterocycles. The highest BCUT2D eigenvalue weighted by Crippen LogP contribution is 2.25. The predicted octanol–water partition coefficient (Wildman–Crippen LogP) is 1.97. The van der Waals surface area contributed by atoms with Crippen LogP contribution >= 0.6 is 0 Å². The molecule has 1 heterocycles. The summed E-state index contributed by atoms with van der Waals surface area (Å²) in [6.45, 7) is 4.30. The van der Waals surface area contributed by atoms with E-state index in [1.54, 1.807) is 0 Å². The molecule has 17 heavy (non-hydrogen) atoms. The molecule has 3 heteroatoms. The van der Waals surface area contributed by atoms with Crippen molar-refractivity contribution in [3.63, 3.8) is 0 Å². The summed E-state index contributed by atoms with van der Waals surface area (Å²) in [5, 5.41) is 2.93. The van der Waals surface area contributed by atoms with Gasteiger partial charge < -0.3 is 10.2 Å². The summed E-state index contributed by atoms with van der Waals surface area (Å²) in [4.78, 5) is 13.9. The van der Waals surface area contributed by atoms with Gasteiger partial charge in [0.1, 0.15) is 0 Å². The summed E-state index contributed by atoms with van der Waals surface area (Å²) in [6, 6.07) is 8.38. The van der Waals surface area contributed by atoms with E-state index in [0.29, 0.717) is 6.54 Å². The fourth-order valence-corrected chi connectivity index (χ4v) is 2.27. The lowest BCUT2D eigenvalue weighted by molar-refractivity contribution is -0.119. The molecule has 1 N–H and O–H groups in total. The second-order valence-electron chi connectivity index (χ2n) is 4.50. The Morgan fingerprint density at radius 3 is 3.06 bits per heavy atom. The molecule has 92 valence electrons. The van der Waals surface area contributed by atoms with Gasteiger partial charge in [0.15, 0.2) is 0 Å². The van der Waals surface area contributed by atoms with Crippen LogP contribution in [0.1, 0.15) is 25.3 Å². The lowest BCUT2D eigenvalue weighted by atomic mass is 10.0. The van der Waals surface area contributed by atoms with Crippen molar-refractivity contribution in [2.24, 2.45) is 0 Å². The van der Waals surface area contributed by atoms with E-state index in [-0.39, 0.29) is 5.91 Å². The number of fused-ring (bicyclic) bond motifs is 1. The van der Waals surface area contributed by atoms with Gasteiger partial charge in [0.2, 0.25) is 5.91 Å². The number of amides is 1. The Balaban J connectivity index is 2.01. The molecule has 0 aromatic heterocycles. The van der Waals surface area contributed by atoms with E-state index in [1.807, 2.05) is 6.07 Å². The number of para-hydroxylation sites is 1. The zero-order valence-corrected chi connectivity index (χ0v) is 10.4. The molecule has 0 unspecified atom stereocenters. The van der Waals surface area contributed by atoms with Gasteiger partial charge in [-0.3, -0.25) is 4.79 Å². The van der Waals surface area contributed by atoms with Crippen molar-refractivity contribution in [1.29, 1.82) is 0 Å². The Morgan fingerprint density at radius 2 is 2.24 bits per heavy atom. The molecule has 0 fully saturated rings. The third-order valence-corrected chi connectivity index (χ3v) is 3.11. The second-order valence-corrected chi connectivity index (χ2v) is 4.50. The molecule has 1 amide bonds. The summed E-state index contributed by atoms with van der Waals surface area (Å²) < 4.78 is 0. The van der Waals surface area contributed by atoms with E-state index < -0.39 is 0 Å². The SMILES string of the molecule is CCCNC(=O)CN1CCCc2ccccc21. The van der Waals surface area contributed by atoms with E-state index in [0.717, 1.165) is 32.4 Å². The maximum atomic E-state index is 11.7. The van der Waals surface area contributed by atoms with Crippen molar-refractivity contribution in [3.05, 3.63) is 29.8 Å². The largest absolute Gasteiger partial charge is 0.362 e. The van der Waals surface area contributed by atoms with Crippen LogP contribution in [0.2, 0.25) is 0 Å². The molecular weight excluding hydrogens is 212 g/mol. The lowest BCUT2D eigenvalue weighted by Crippen LogP contribution is -2.40. The van der Waals surface area contributed by atoms with E-state index >= 15 is 0 Å². The number of hydrogen-bond donors (Lipinski definition) is 1. The molecule has 0 aliphatic carbocycles. The van der Waals surface area contributed by atoms with Crippen LogP contribution in [0.15, 0.2) is 24.3 Å². The summed E-state index contributed by atoms with van der Waals surface area (Å²) in [5.74, 6) is 0.128. The minimum absolute atomic E-state index is 0.128. The minimum atomic E-state index is 0.128. The van der Waals surface area contributed by atoms with Crippen molar-refractivity contribution in [2.75, 3.05) is 24.5 Å². The fraction of sp³-hybridized carbons (Fsp3) is 0.500. The molecule has 0 radical (unpaired) electrons. The van der Waals surface area contributed by atoms with Gasteiger partial charge in [-0.15, -0.1) is 0 Å². The summed E-state index contributed by atoms with van der Waals surface area (Å²) >= 11 is 0. The molecule has 1 aromatic carbocycles. The zero-order chi connectivity index (χ0) is 12.1. The van der Waals surface area contributed by atoms with Gasteiger partial charge in [0.05, 0.1) is 6.54 Å². The molecule has 0 spiro atoms. The van der Waals surface area contributed by atoms with E-state index in [9.17, 15) is 4.79 Å². The van der Waals surface area contributed by atoms with E-state index in [2.05, 4.69) is 35.3 Å². The van der Waals surface area contributed by atoms with Crippen LogP contribution < -0.4 is 10.2 Å². The fourth-order valence-electron chi connectivity index (χ4n) is 2.27. The van der Waals surface area contributed by atoms with Crippen molar-refractivity contribution < 1.29 is 4.79 Å². The molecule has 0 bridgehead atoms. The van der Waals surface area contributed by atoms with E-state index in [4.69, 9.17) is 0 Å². The monoisotopic (exact) mass is 232 g/mol. The third-order valence-electron chi connectivity index (χ3n) is 3.11. The lowest BCUT2D eigenvalue weighted by Gasteiger charge is -2.30. The highest BCUT2D eigenvalue weighted by atomic mass is 16.2. The van der Waals surface area contributed by atoms with Crippen LogP contribution in [-0.2, 0) is 11.2 Å². The number of nitrogens with zero attached hydrogens (tertiary/aromatic N) is 1. The van der Waals surface area contributed by atoms with E-state index in [1.165, 1.54) is 11.3 Å². The van der Waals surface area contributed by atoms with Crippen molar-refractivity contribution >= 4 is 11.6 Å². The van der Waals surface area contributed by atoms with Gasteiger partial charge >= 0.3 is 0 Å². The van der Waals surface area contributed by atoms with Crippen LogP contribution in [-0.4, -0.2) is 25.5 Å². The first kappa shape index (κ1) is 12.0. The maximum absolute atomic E-state index is 11.7. The first-order chi connectivity index (χ1) is 8.31. The second kappa shape index (κ2) is 5.71. The minimum Gasteiger partial charge on any atom is -0.362 e. The van der Waals surface area contributed by atoms with Crippen molar-refractivity contribution in [1.82, 2.24) is 5.32 Å². The van der Waals surface area contributed by atoms with Gasteiger partial charge in [-0.05, 0) is 30.9 Å². The average molecular weight is 232 g/mol. The Hall–Kier alpha value is -1.51. The number of rotatable bonds is 4. The normalized spacial score (nSPS) is 14.3. The number of nitrogens with one attached hydrogen (secondary N) is 1. The quantitative estimate of drug-likeness (QED) is 0.860. The van der Waals surface area contributed by atoms with Gasteiger partial charge in [0, 0.05) is 18.8 Å². The van der Waals surface area contributed by atoms with Gasteiger partial charge in [-0.2, -0.15) is 0 Å². The molecule has 0 saturated heterocycles.